The Kier molecular flexibility index (Phi) is 5.23. The highest BCUT2D eigenvalue weighted by Crippen LogP contribution is 2.16. The van der Waals surface area contributed by atoms with E-state index in [0.717, 1.165) is 11.1 Å². The molecule has 0 aliphatic heterocycles. The Hall–Kier alpha value is -3.92. The summed E-state index contributed by atoms with van der Waals surface area (Å²) in [4.78, 5) is 36.7. The van der Waals surface area contributed by atoms with Crippen LogP contribution < -0.4 is 16.1 Å². The van der Waals surface area contributed by atoms with E-state index in [1.807, 2.05) is 32.0 Å². The molecule has 3 rings (SSSR count). The molecule has 1 heterocycles. The molecule has 28 heavy (non-hydrogen) atoms. The van der Waals surface area contributed by atoms with E-state index >= 15 is 0 Å². The predicted octanol–water partition coefficient (Wildman–Crippen LogP) is 2.84. The van der Waals surface area contributed by atoms with Crippen LogP contribution in [0.25, 0.3) is 10.9 Å². The van der Waals surface area contributed by atoms with Crippen molar-refractivity contribution in [3.05, 3.63) is 75.6 Å². The zero-order valence-corrected chi connectivity index (χ0v) is 15.4. The maximum absolute atomic E-state index is 12.3. The minimum absolute atomic E-state index is 0.0637. The van der Waals surface area contributed by atoms with Crippen molar-refractivity contribution >= 4 is 28.5 Å². The predicted molar refractivity (Wildman–Crippen MR) is 106 cm³/mol. The summed E-state index contributed by atoms with van der Waals surface area (Å²) >= 11 is 0. The summed E-state index contributed by atoms with van der Waals surface area (Å²) in [5.74, 6) is -0.569. The molecule has 0 aliphatic carbocycles. The van der Waals surface area contributed by atoms with Crippen molar-refractivity contribution in [3.63, 3.8) is 0 Å². The monoisotopic (exact) mass is 374 g/mol. The molecule has 0 spiro atoms. The third-order valence-corrected chi connectivity index (χ3v) is 4.31. The number of carbonyl (C=O) groups excluding carboxylic acids is 2. The van der Waals surface area contributed by atoms with Gasteiger partial charge in [-0.05, 0) is 37.6 Å². The molecule has 140 valence electrons. The number of nitrogens with zero attached hydrogens (tertiary/aromatic N) is 2. The molecule has 0 unspecified atom stereocenters. The van der Waals surface area contributed by atoms with Gasteiger partial charge in [-0.3, -0.25) is 14.9 Å². The van der Waals surface area contributed by atoms with Gasteiger partial charge in [0.25, 0.3) is 0 Å². The van der Waals surface area contributed by atoms with Crippen LogP contribution in [0.2, 0.25) is 0 Å². The smallest absolute Gasteiger partial charge is 0.325 e. The molecule has 3 aromatic rings. The number of nitriles is 1. The first-order chi connectivity index (χ1) is 13.4. The van der Waals surface area contributed by atoms with Crippen molar-refractivity contribution in [2.24, 2.45) is 0 Å². The number of hydrogen-bond donors (Lipinski definition) is 2. The molecule has 7 nitrogen and oxygen atoms in total. The van der Waals surface area contributed by atoms with Crippen molar-refractivity contribution in [2.45, 2.75) is 20.4 Å². The topological polar surface area (TPSA) is 104 Å². The Morgan fingerprint density at radius 3 is 2.61 bits per heavy atom. The van der Waals surface area contributed by atoms with E-state index in [1.54, 1.807) is 30.3 Å². The largest absolute Gasteiger partial charge is 0.336 e. The molecule has 7 heteroatoms. The van der Waals surface area contributed by atoms with Gasteiger partial charge in [0.1, 0.15) is 18.2 Å². The van der Waals surface area contributed by atoms with Gasteiger partial charge in [0.05, 0.1) is 5.52 Å². The first kappa shape index (κ1) is 18.9. The Bertz CT molecular complexity index is 1190. The summed E-state index contributed by atoms with van der Waals surface area (Å²) in [5.41, 5.74) is 2.62. The van der Waals surface area contributed by atoms with E-state index in [-0.39, 0.29) is 17.5 Å². The van der Waals surface area contributed by atoms with Crippen LogP contribution in [-0.2, 0) is 11.3 Å². The molecule has 2 N–H and O–H groups in total. The van der Waals surface area contributed by atoms with Crippen LogP contribution in [0.4, 0.5) is 10.5 Å². The molecular formula is C21H18N4O3. The molecule has 3 amide bonds. The summed E-state index contributed by atoms with van der Waals surface area (Å²) in [6.45, 7) is 3.60. The number of amides is 3. The lowest BCUT2D eigenvalue weighted by molar-refractivity contribution is -0.120. The summed E-state index contributed by atoms with van der Waals surface area (Å²) in [6, 6.07) is 13.4. The molecule has 0 radical (unpaired) electrons. The number of anilines is 1. The van der Waals surface area contributed by atoms with Crippen LogP contribution in [0.1, 0.15) is 16.7 Å². The first-order valence-corrected chi connectivity index (χ1v) is 8.59. The summed E-state index contributed by atoms with van der Waals surface area (Å²) in [7, 11) is 0. The Morgan fingerprint density at radius 1 is 1.14 bits per heavy atom. The van der Waals surface area contributed by atoms with Crippen LogP contribution in [0.5, 0.6) is 0 Å². The number of para-hydroxylation sites is 1. The summed E-state index contributed by atoms with van der Waals surface area (Å²) < 4.78 is 1.48. The van der Waals surface area contributed by atoms with Crippen molar-refractivity contribution < 1.29 is 9.59 Å². The lowest BCUT2D eigenvalue weighted by Gasteiger charge is -2.12. The third-order valence-electron chi connectivity index (χ3n) is 4.31. The van der Waals surface area contributed by atoms with E-state index < -0.39 is 11.9 Å². The number of imide groups is 1. The van der Waals surface area contributed by atoms with Crippen molar-refractivity contribution in [3.8, 4) is 6.07 Å². The molecule has 0 bridgehead atoms. The Balaban J connectivity index is 1.78. The fourth-order valence-corrected chi connectivity index (χ4v) is 2.98. The number of aromatic nitrogens is 1. The van der Waals surface area contributed by atoms with Gasteiger partial charge in [-0.1, -0.05) is 29.8 Å². The lowest BCUT2D eigenvalue weighted by atomic mass is 10.1. The standard InChI is InChI=1S/C21H18N4O3/c1-13-7-8-17(14(2)9-13)23-21(28)24-19(26)12-25-11-15(10-22)20(27)16-5-3-4-6-18(16)25/h3-9,11H,12H2,1-2H3,(H2,23,24,26,28). The van der Waals surface area contributed by atoms with Crippen molar-refractivity contribution in [1.29, 1.82) is 5.26 Å². The third kappa shape index (κ3) is 3.91. The van der Waals surface area contributed by atoms with Gasteiger partial charge >= 0.3 is 6.03 Å². The summed E-state index contributed by atoms with van der Waals surface area (Å²) in [5, 5.41) is 14.4. The molecule has 1 aromatic heterocycles. The fraction of sp³-hybridized carbons (Fsp3) is 0.143. The Morgan fingerprint density at radius 2 is 1.89 bits per heavy atom. The van der Waals surface area contributed by atoms with Gasteiger partial charge < -0.3 is 9.88 Å². The maximum atomic E-state index is 12.3. The van der Waals surface area contributed by atoms with Gasteiger partial charge in [-0.15, -0.1) is 0 Å². The van der Waals surface area contributed by atoms with E-state index in [4.69, 9.17) is 5.26 Å². The van der Waals surface area contributed by atoms with Crippen LogP contribution in [0, 0.1) is 25.2 Å². The Labute approximate surface area is 161 Å². The lowest BCUT2D eigenvalue weighted by Crippen LogP contribution is -2.37. The van der Waals surface area contributed by atoms with Crippen LogP contribution >= 0.6 is 0 Å². The highest BCUT2D eigenvalue weighted by Gasteiger charge is 2.13. The molecule has 2 aromatic carbocycles. The number of benzene rings is 2. The number of hydrogen-bond acceptors (Lipinski definition) is 4. The van der Waals surface area contributed by atoms with Crippen molar-refractivity contribution in [2.75, 3.05) is 5.32 Å². The quantitative estimate of drug-likeness (QED) is 0.735. The van der Waals surface area contributed by atoms with Gasteiger partial charge in [-0.2, -0.15) is 5.26 Å². The molecule has 0 aliphatic rings. The number of pyridine rings is 1. The van der Waals surface area contributed by atoms with Crippen LogP contribution in [0.3, 0.4) is 0 Å². The van der Waals surface area contributed by atoms with E-state index in [1.165, 1.54) is 10.8 Å². The van der Waals surface area contributed by atoms with E-state index in [2.05, 4.69) is 10.6 Å². The molecular weight excluding hydrogens is 356 g/mol. The minimum Gasteiger partial charge on any atom is -0.336 e. The second-order valence-electron chi connectivity index (χ2n) is 6.45. The molecule has 0 atom stereocenters. The molecule has 0 saturated carbocycles. The van der Waals surface area contributed by atoms with Gasteiger partial charge in [0.15, 0.2) is 0 Å². The second-order valence-corrected chi connectivity index (χ2v) is 6.45. The number of urea groups is 1. The van der Waals surface area contributed by atoms with Crippen LogP contribution in [-0.4, -0.2) is 16.5 Å². The number of aryl methyl sites for hydroxylation is 2. The number of carbonyl (C=O) groups is 2. The zero-order chi connectivity index (χ0) is 20.3. The highest BCUT2D eigenvalue weighted by atomic mass is 16.2. The zero-order valence-electron chi connectivity index (χ0n) is 15.4. The first-order valence-electron chi connectivity index (χ1n) is 8.59. The SMILES string of the molecule is Cc1ccc(NC(=O)NC(=O)Cn2cc(C#N)c(=O)c3ccccc32)c(C)c1. The summed E-state index contributed by atoms with van der Waals surface area (Å²) in [6.07, 6.45) is 1.33. The fourth-order valence-electron chi connectivity index (χ4n) is 2.98. The van der Waals surface area contributed by atoms with Gasteiger partial charge in [0.2, 0.25) is 11.3 Å². The van der Waals surface area contributed by atoms with Gasteiger partial charge in [-0.25, -0.2) is 4.79 Å². The number of rotatable bonds is 3. The maximum Gasteiger partial charge on any atom is 0.325 e. The van der Waals surface area contributed by atoms with E-state index in [9.17, 15) is 14.4 Å². The second kappa shape index (κ2) is 7.76. The number of nitrogens with one attached hydrogen (secondary N) is 2. The van der Waals surface area contributed by atoms with Gasteiger partial charge in [0, 0.05) is 17.3 Å². The molecule has 0 fully saturated rings. The number of fused-ring (bicyclic) bond motifs is 1. The average Bonchev–Trinajstić information content (AvgIpc) is 2.66. The average molecular weight is 374 g/mol. The minimum atomic E-state index is -0.650. The van der Waals surface area contributed by atoms with Crippen LogP contribution in [0.15, 0.2) is 53.5 Å². The molecule has 0 saturated heterocycles. The highest BCUT2D eigenvalue weighted by molar-refractivity contribution is 6.01. The normalized spacial score (nSPS) is 10.3. The van der Waals surface area contributed by atoms with E-state index in [0.29, 0.717) is 16.6 Å². The van der Waals surface area contributed by atoms with Crippen molar-refractivity contribution in [1.82, 2.24) is 9.88 Å².